The van der Waals surface area contributed by atoms with Crippen molar-refractivity contribution in [1.82, 2.24) is 4.90 Å². The zero-order valence-corrected chi connectivity index (χ0v) is 17.4. The maximum atomic E-state index is 12.9. The van der Waals surface area contributed by atoms with Gasteiger partial charge in [0.2, 0.25) is 0 Å². The third-order valence-corrected chi connectivity index (χ3v) is 5.24. The Morgan fingerprint density at radius 1 is 1.21 bits per heavy atom. The molecule has 0 aromatic heterocycles. The molecule has 7 heteroatoms. The van der Waals surface area contributed by atoms with E-state index in [4.69, 9.17) is 14.2 Å². The third kappa shape index (κ3) is 4.40. The van der Waals surface area contributed by atoms with Crippen molar-refractivity contribution in [3.63, 3.8) is 0 Å². The second-order valence-electron chi connectivity index (χ2n) is 7.69. The highest BCUT2D eigenvalue weighted by atomic mass is 16.5. The minimum atomic E-state index is -0.644. The zero-order valence-electron chi connectivity index (χ0n) is 17.4. The second-order valence-corrected chi connectivity index (χ2v) is 7.69. The highest BCUT2D eigenvalue weighted by Crippen LogP contribution is 2.44. The predicted molar refractivity (Wildman–Crippen MR) is 107 cm³/mol. The van der Waals surface area contributed by atoms with E-state index in [2.05, 4.69) is 0 Å². The number of ketones is 1. The van der Waals surface area contributed by atoms with Crippen LogP contribution in [0.3, 0.4) is 0 Å². The van der Waals surface area contributed by atoms with Gasteiger partial charge in [-0.2, -0.15) is 0 Å². The van der Waals surface area contributed by atoms with Crippen LogP contribution in [-0.4, -0.2) is 55.2 Å². The van der Waals surface area contributed by atoms with E-state index >= 15 is 0 Å². The van der Waals surface area contributed by atoms with Crippen molar-refractivity contribution in [3.05, 3.63) is 35.1 Å². The van der Waals surface area contributed by atoms with Crippen molar-refractivity contribution in [3.8, 4) is 11.5 Å². The number of ether oxygens (including phenoxy) is 3. The third-order valence-electron chi connectivity index (χ3n) is 5.24. The normalized spacial score (nSPS) is 19.3. The smallest absolute Gasteiger partial charge is 0.290 e. The van der Waals surface area contributed by atoms with Gasteiger partial charge in [0.1, 0.15) is 0 Å². The van der Waals surface area contributed by atoms with E-state index in [1.165, 1.54) is 7.11 Å². The molecule has 0 bridgehead atoms. The van der Waals surface area contributed by atoms with Gasteiger partial charge < -0.3 is 24.2 Å². The van der Waals surface area contributed by atoms with Crippen molar-refractivity contribution in [2.75, 3.05) is 27.4 Å². The van der Waals surface area contributed by atoms with Crippen molar-refractivity contribution in [1.29, 1.82) is 0 Å². The van der Waals surface area contributed by atoms with Gasteiger partial charge in [-0.1, -0.05) is 6.07 Å². The first kappa shape index (κ1) is 21.2. The number of rotatable bonds is 10. The summed E-state index contributed by atoms with van der Waals surface area (Å²) >= 11 is 0. The second kappa shape index (κ2) is 8.86. The molecule has 1 aromatic rings. The summed E-state index contributed by atoms with van der Waals surface area (Å²) in [4.78, 5) is 27.3. The van der Waals surface area contributed by atoms with Crippen LogP contribution in [0.2, 0.25) is 0 Å². The molecule has 1 heterocycles. The van der Waals surface area contributed by atoms with E-state index in [0.29, 0.717) is 36.6 Å². The summed E-state index contributed by atoms with van der Waals surface area (Å²) in [6, 6.07) is 4.66. The quantitative estimate of drug-likeness (QED) is 0.604. The molecule has 3 rings (SSSR count). The fourth-order valence-electron chi connectivity index (χ4n) is 3.62. The van der Waals surface area contributed by atoms with Gasteiger partial charge in [0.05, 0.1) is 31.9 Å². The number of nitrogens with zero attached hydrogens (tertiary/aromatic N) is 1. The molecule has 7 nitrogen and oxygen atoms in total. The van der Waals surface area contributed by atoms with E-state index in [-0.39, 0.29) is 23.4 Å². The summed E-state index contributed by atoms with van der Waals surface area (Å²) in [6.45, 7) is 4.77. The number of amides is 1. The van der Waals surface area contributed by atoms with Crippen LogP contribution in [-0.2, 0) is 14.3 Å². The average molecular weight is 403 g/mol. The lowest BCUT2D eigenvalue weighted by molar-refractivity contribution is -0.129. The summed E-state index contributed by atoms with van der Waals surface area (Å²) in [6.07, 6.45) is 2.30. The summed E-state index contributed by atoms with van der Waals surface area (Å²) < 4.78 is 16.3. The Morgan fingerprint density at radius 3 is 2.48 bits per heavy atom. The monoisotopic (exact) mass is 403 g/mol. The first-order valence-corrected chi connectivity index (χ1v) is 10.0. The van der Waals surface area contributed by atoms with E-state index in [1.807, 2.05) is 13.8 Å². The van der Waals surface area contributed by atoms with Crippen LogP contribution in [0.1, 0.15) is 44.7 Å². The number of hydrogen-bond donors (Lipinski definition) is 1. The van der Waals surface area contributed by atoms with Crippen molar-refractivity contribution >= 4 is 11.7 Å². The molecule has 0 unspecified atom stereocenters. The van der Waals surface area contributed by atoms with Crippen LogP contribution < -0.4 is 9.47 Å². The lowest BCUT2D eigenvalue weighted by atomic mass is 9.94. The molecule has 0 saturated heterocycles. The Balaban J connectivity index is 1.93. The van der Waals surface area contributed by atoms with Gasteiger partial charge in [0, 0.05) is 19.1 Å². The van der Waals surface area contributed by atoms with E-state index in [1.54, 1.807) is 30.2 Å². The number of methoxy groups -OCH3 is 2. The largest absolute Gasteiger partial charge is 0.503 e. The first-order valence-electron chi connectivity index (χ1n) is 10.0. The molecule has 1 saturated carbocycles. The Kier molecular flexibility index (Phi) is 6.47. The number of aliphatic hydroxyl groups is 1. The Labute approximate surface area is 171 Å². The van der Waals surface area contributed by atoms with E-state index in [0.717, 1.165) is 12.8 Å². The fraction of sp³-hybridized carbons (Fsp3) is 0.545. The average Bonchev–Trinajstić information content (AvgIpc) is 3.52. The summed E-state index contributed by atoms with van der Waals surface area (Å²) in [5.41, 5.74) is 0.892. The molecule has 1 aliphatic carbocycles. The molecule has 1 aliphatic heterocycles. The Morgan fingerprint density at radius 2 is 1.90 bits per heavy atom. The van der Waals surface area contributed by atoms with E-state index in [9.17, 15) is 14.7 Å². The van der Waals surface area contributed by atoms with Crippen molar-refractivity contribution < 1.29 is 28.9 Å². The number of aliphatic hydroxyl groups excluding tert-OH is 1. The summed E-state index contributed by atoms with van der Waals surface area (Å²) in [5, 5.41) is 10.6. The van der Waals surface area contributed by atoms with Gasteiger partial charge in [0.25, 0.3) is 5.91 Å². The molecule has 29 heavy (non-hydrogen) atoms. The molecule has 0 spiro atoms. The van der Waals surface area contributed by atoms with Gasteiger partial charge in [-0.25, -0.2) is 0 Å². The van der Waals surface area contributed by atoms with Crippen LogP contribution in [0.25, 0.3) is 0 Å². The van der Waals surface area contributed by atoms with Crippen molar-refractivity contribution in [2.45, 2.75) is 45.3 Å². The Hall–Kier alpha value is -2.54. The van der Waals surface area contributed by atoms with Crippen LogP contribution >= 0.6 is 0 Å². The molecule has 1 fully saturated rings. The van der Waals surface area contributed by atoms with Gasteiger partial charge in [-0.05, 0) is 50.8 Å². The minimum absolute atomic E-state index is 0.101. The maximum Gasteiger partial charge on any atom is 0.290 e. The zero-order chi connectivity index (χ0) is 21.1. The van der Waals surface area contributed by atoms with Crippen molar-refractivity contribution in [2.24, 2.45) is 5.92 Å². The number of carbonyl (C=O) groups is 2. The summed E-state index contributed by atoms with van der Waals surface area (Å²) in [7, 11) is 3.08. The molecule has 1 atom stereocenters. The topological polar surface area (TPSA) is 85.3 Å². The van der Waals surface area contributed by atoms with Crippen LogP contribution in [0.4, 0.5) is 0 Å². The molecular formula is C22H29NO6. The van der Waals surface area contributed by atoms with Gasteiger partial charge >= 0.3 is 0 Å². The van der Waals surface area contributed by atoms with Crippen LogP contribution in [0, 0.1) is 5.92 Å². The highest BCUT2D eigenvalue weighted by Gasteiger charge is 2.46. The summed E-state index contributed by atoms with van der Waals surface area (Å²) in [5.74, 6) is -0.140. The highest BCUT2D eigenvalue weighted by molar-refractivity contribution is 6.10. The lowest BCUT2D eigenvalue weighted by Crippen LogP contribution is -2.33. The maximum absolute atomic E-state index is 12.9. The predicted octanol–water partition coefficient (Wildman–Crippen LogP) is 3.19. The first-order chi connectivity index (χ1) is 13.9. The Bertz CT molecular complexity index is 812. The number of Topliss-reactive ketones (excluding diaryl/α,β-unsaturated/α-hetero) is 1. The lowest BCUT2D eigenvalue weighted by Gasteiger charge is -2.27. The molecule has 2 aliphatic rings. The van der Waals surface area contributed by atoms with E-state index < -0.39 is 17.7 Å². The van der Waals surface area contributed by atoms with Gasteiger partial charge in [0.15, 0.2) is 23.0 Å². The van der Waals surface area contributed by atoms with Crippen LogP contribution in [0.5, 0.6) is 11.5 Å². The number of hydrogen-bond acceptors (Lipinski definition) is 6. The standard InChI is InChI=1S/C22H29NO6/c1-13(2)29-11-5-10-23-19(15-8-9-16(27-3)17(12-15)28-4)18(21(25)22(23)26)20(24)14-6-7-14/h8-9,12-14,19,25H,5-7,10-11H2,1-4H3/t19-/m1/s1. The van der Waals surface area contributed by atoms with Gasteiger partial charge in [-0.15, -0.1) is 0 Å². The molecule has 1 amide bonds. The molecule has 1 aromatic carbocycles. The van der Waals surface area contributed by atoms with Gasteiger partial charge in [-0.3, -0.25) is 9.59 Å². The molecule has 1 N–H and O–H groups in total. The minimum Gasteiger partial charge on any atom is -0.503 e. The molecule has 158 valence electrons. The number of benzene rings is 1. The van der Waals surface area contributed by atoms with Crippen LogP contribution in [0.15, 0.2) is 29.5 Å². The fourth-order valence-corrected chi connectivity index (χ4v) is 3.62. The number of carbonyl (C=O) groups excluding carboxylic acids is 2. The molecule has 0 radical (unpaired) electrons. The SMILES string of the molecule is COc1ccc([C@@H]2C(C(=O)C3CC3)=C(O)C(=O)N2CCCOC(C)C)cc1OC. The molecular weight excluding hydrogens is 374 g/mol.